The highest BCUT2D eigenvalue weighted by Gasteiger charge is 2.33. The Labute approximate surface area is 201 Å². The highest BCUT2D eigenvalue weighted by atomic mass is 35.5. The number of urea groups is 1. The number of amides is 3. The molecule has 0 unspecified atom stereocenters. The first-order valence-electron chi connectivity index (χ1n) is 10.7. The van der Waals surface area contributed by atoms with E-state index < -0.39 is 11.9 Å². The van der Waals surface area contributed by atoms with Crippen LogP contribution in [0.3, 0.4) is 0 Å². The Hall–Kier alpha value is -3.84. The van der Waals surface area contributed by atoms with Crippen LogP contribution in [-0.2, 0) is 17.9 Å². The SMILES string of the molecule is CCOc1cc(/C=C2/NC(=O)N(Cc3ccc(F)cc3)C2=O)ccc1OCc1ccc(Cl)cc1. The van der Waals surface area contributed by atoms with Crippen molar-refractivity contribution in [2.45, 2.75) is 20.1 Å². The number of nitrogens with zero attached hydrogens (tertiary/aromatic N) is 1. The highest BCUT2D eigenvalue weighted by molar-refractivity contribution is 6.30. The van der Waals surface area contributed by atoms with Gasteiger partial charge in [0.15, 0.2) is 11.5 Å². The molecular formula is C26H22ClFN2O4. The van der Waals surface area contributed by atoms with Crippen molar-refractivity contribution in [3.8, 4) is 11.5 Å². The molecule has 1 saturated heterocycles. The number of hydrogen-bond acceptors (Lipinski definition) is 4. The number of hydrogen-bond donors (Lipinski definition) is 1. The summed E-state index contributed by atoms with van der Waals surface area (Å²) >= 11 is 5.92. The lowest BCUT2D eigenvalue weighted by molar-refractivity contribution is -0.123. The van der Waals surface area contributed by atoms with E-state index in [0.29, 0.717) is 40.9 Å². The van der Waals surface area contributed by atoms with Crippen molar-refractivity contribution >= 4 is 29.6 Å². The Morgan fingerprint density at radius 1 is 0.941 bits per heavy atom. The minimum absolute atomic E-state index is 0.0456. The molecule has 3 aromatic rings. The summed E-state index contributed by atoms with van der Waals surface area (Å²) in [6, 6.07) is 17.7. The first kappa shape index (κ1) is 23.3. The summed E-state index contributed by atoms with van der Waals surface area (Å²) in [6.07, 6.45) is 1.58. The zero-order valence-electron chi connectivity index (χ0n) is 18.4. The molecule has 3 amide bonds. The molecule has 1 fully saturated rings. The Morgan fingerprint density at radius 2 is 1.65 bits per heavy atom. The number of imide groups is 1. The Balaban J connectivity index is 1.49. The standard InChI is InChI=1S/C26H22ClFN2O4/c1-2-33-24-14-19(7-12-23(24)34-16-18-3-8-20(27)9-4-18)13-22-25(31)30(26(32)29-22)15-17-5-10-21(28)11-6-17/h3-14H,2,15-16H2,1H3,(H,29,32)/b22-13+. The van der Waals surface area contributed by atoms with E-state index in [1.165, 1.54) is 24.3 Å². The van der Waals surface area contributed by atoms with Crippen LogP contribution in [0.1, 0.15) is 23.6 Å². The van der Waals surface area contributed by atoms with Crippen molar-refractivity contribution in [3.63, 3.8) is 0 Å². The second kappa shape index (κ2) is 10.4. The molecule has 0 aliphatic carbocycles. The van der Waals surface area contributed by atoms with Gasteiger partial charge >= 0.3 is 6.03 Å². The molecule has 174 valence electrons. The summed E-state index contributed by atoms with van der Waals surface area (Å²) in [7, 11) is 0. The zero-order chi connectivity index (χ0) is 24.1. The fourth-order valence-corrected chi connectivity index (χ4v) is 3.52. The largest absolute Gasteiger partial charge is 0.490 e. The van der Waals surface area contributed by atoms with E-state index in [0.717, 1.165) is 10.5 Å². The molecule has 8 heteroatoms. The second-order valence-corrected chi connectivity index (χ2v) is 8.00. The first-order chi connectivity index (χ1) is 16.4. The average Bonchev–Trinajstić information content (AvgIpc) is 3.08. The average molecular weight is 481 g/mol. The lowest BCUT2D eigenvalue weighted by atomic mass is 10.1. The predicted molar refractivity (Wildman–Crippen MR) is 127 cm³/mol. The van der Waals surface area contributed by atoms with Crippen LogP contribution in [0.4, 0.5) is 9.18 Å². The van der Waals surface area contributed by atoms with Crippen LogP contribution < -0.4 is 14.8 Å². The molecule has 34 heavy (non-hydrogen) atoms. The maximum atomic E-state index is 13.1. The number of carbonyl (C=O) groups is 2. The molecule has 4 rings (SSSR count). The van der Waals surface area contributed by atoms with Gasteiger partial charge in [-0.3, -0.25) is 9.69 Å². The number of carbonyl (C=O) groups excluding carboxylic acids is 2. The van der Waals surface area contributed by atoms with E-state index in [1.54, 1.807) is 36.4 Å². The molecule has 1 aliphatic heterocycles. The lowest BCUT2D eigenvalue weighted by Crippen LogP contribution is -2.30. The molecule has 1 N–H and O–H groups in total. The van der Waals surface area contributed by atoms with Crippen molar-refractivity contribution < 1.29 is 23.5 Å². The lowest BCUT2D eigenvalue weighted by Gasteiger charge is -2.13. The fraction of sp³-hybridized carbons (Fsp3) is 0.154. The van der Waals surface area contributed by atoms with Gasteiger partial charge in [0, 0.05) is 5.02 Å². The summed E-state index contributed by atoms with van der Waals surface area (Å²) in [5.74, 6) is 0.229. The van der Waals surface area contributed by atoms with Crippen molar-refractivity contribution in [2.75, 3.05) is 6.61 Å². The van der Waals surface area contributed by atoms with Crippen molar-refractivity contribution in [3.05, 3.63) is 100.0 Å². The first-order valence-corrected chi connectivity index (χ1v) is 11.0. The summed E-state index contributed by atoms with van der Waals surface area (Å²) in [5.41, 5.74) is 2.41. The summed E-state index contributed by atoms with van der Waals surface area (Å²) < 4.78 is 24.8. The summed E-state index contributed by atoms with van der Waals surface area (Å²) in [5, 5.41) is 3.25. The van der Waals surface area contributed by atoms with Gasteiger partial charge in [-0.1, -0.05) is 41.9 Å². The van der Waals surface area contributed by atoms with E-state index in [9.17, 15) is 14.0 Å². The molecule has 0 spiro atoms. The van der Waals surface area contributed by atoms with Crippen LogP contribution in [0.2, 0.25) is 5.02 Å². The maximum absolute atomic E-state index is 13.1. The van der Waals surface area contributed by atoms with Gasteiger partial charge in [0.25, 0.3) is 5.91 Å². The van der Waals surface area contributed by atoms with E-state index in [1.807, 2.05) is 19.1 Å². The highest BCUT2D eigenvalue weighted by Crippen LogP contribution is 2.30. The third-order valence-corrected chi connectivity index (χ3v) is 5.35. The third kappa shape index (κ3) is 5.55. The van der Waals surface area contributed by atoms with Crippen LogP contribution in [0, 0.1) is 5.82 Å². The van der Waals surface area contributed by atoms with E-state index >= 15 is 0 Å². The van der Waals surface area contributed by atoms with Crippen LogP contribution in [0.5, 0.6) is 11.5 Å². The minimum atomic E-state index is -0.534. The number of rotatable bonds is 8. The molecule has 1 aliphatic rings. The van der Waals surface area contributed by atoms with Crippen LogP contribution in [0.15, 0.2) is 72.4 Å². The van der Waals surface area contributed by atoms with E-state index in [4.69, 9.17) is 21.1 Å². The Morgan fingerprint density at radius 3 is 2.35 bits per heavy atom. The van der Waals surface area contributed by atoms with Gasteiger partial charge < -0.3 is 14.8 Å². The van der Waals surface area contributed by atoms with Gasteiger partial charge in [0.2, 0.25) is 0 Å². The maximum Gasteiger partial charge on any atom is 0.329 e. The molecule has 6 nitrogen and oxygen atoms in total. The zero-order valence-corrected chi connectivity index (χ0v) is 19.1. The molecule has 0 atom stereocenters. The normalized spacial score (nSPS) is 14.4. The smallest absolute Gasteiger partial charge is 0.329 e. The number of halogens is 2. The van der Waals surface area contributed by atoms with Crippen LogP contribution in [-0.4, -0.2) is 23.4 Å². The molecular weight excluding hydrogens is 459 g/mol. The van der Waals surface area contributed by atoms with Gasteiger partial charge in [-0.15, -0.1) is 0 Å². The molecule has 3 aromatic carbocycles. The Bertz CT molecular complexity index is 1230. The molecule has 0 saturated carbocycles. The van der Waals surface area contributed by atoms with Gasteiger partial charge in [-0.05, 0) is 66.1 Å². The summed E-state index contributed by atoms with van der Waals surface area (Å²) in [6.45, 7) is 2.68. The monoisotopic (exact) mass is 480 g/mol. The van der Waals surface area contributed by atoms with E-state index in [-0.39, 0.29) is 18.1 Å². The van der Waals surface area contributed by atoms with Gasteiger partial charge in [0.1, 0.15) is 18.1 Å². The number of nitrogens with one attached hydrogen (secondary N) is 1. The molecule has 0 aromatic heterocycles. The van der Waals surface area contributed by atoms with Gasteiger partial charge in [-0.2, -0.15) is 0 Å². The van der Waals surface area contributed by atoms with Gasteiger partial charge in [-0.25, -0.2) is 9.18 Å². The predicted octanol–water partition coefficient (Wildman–Crippen LogP) is 5.55. The second-order valence-electron chi connectivity index (χ2n) is 7.56. The van der Waals surface area contributed by atoms with Crippen LogP contribution in [0.25, 0.3) is 6.08 Å². The van der Waals surface area contributed by atoms with Gasteiger partial charge in [0.05, 0.1) is 13.2 Å². The van der Waals surface area contributed by atoms with Crippen molar-refractivity contribution in [2.24, 2.45) is 0 Å². The number of benzene rings is 3. The molecule has 0 bridgehead atoms. The summed E-state index contributed by atoms with van der Waals surface area (Å²) in [4.78, 5) is 26.2. The third-order valence-electron chi connectivity index (χ3n) is 5.10. The molecule has 0 radical (unpaired) electrons. The van der Waals surface area contributed by atoms with Crippen LogP contribution >= 0.6 is 11.6 Å². The Kier molecular flexibility index (Phi) is 7.13. The topological polar surface area (TPSA) is 67.9 Å². The van der Waals surface area contributed by atoms with E-state index in [2.05, 4.69) is 5.32 Å². The quantitative estimate of drug-likeness (QED) is 0.339. The minimum Gasteiger partial charge on any atom is -0.490 e. The number of ether oxygens (including phenoxy) is 2. The molecule has 1 heterocycles. The van der Waals surface area contributed by atoms with Crippen molar-refractivity contribution in [1.29, 1.82) is 0 Å². The fourth-order valence-electron chi connectivity index (χ4n) is 3.40. The van der Waals surface area contributed by atoms with Crippen molar-refractivity contribution in [1.82, 2.24) is 10.2 Å².